The second kappa shape index (κ2) is 15.5. The maximum absolute atomic E-state index is 10.8. The van der Waals surface area contributed by atoms with Gasteiger partial charge in [0, 0.05) is 29.6 Å². The van der Waals surface area contributed by atoms with Crippen LogP contribution in [-0.4, -0.2) is 28.8 Å². The van der Waals surface area contributed by atoms with Crippen LogP contribution in [0, 0.1) is 11.8 Å². The van der Waals surface area contributed by atoms with Crippen LogP contribution in [0.1, 0.15) is 42.5 Å². The topological polar surface area (TPSA) is 86.3 Å². The number of hydrogen-bond donors (Lipinski definition) is 4. The van der Waals surface area contributed by atoms with Crippen LogP contribution in [0.25, 0.3) is 5.70 Å². The molecular weight excluding hydrogens is 448 g/mol. The highest BCUT2D eigenvalue weighted by atomic mass is 16.3. The summed E-state index contributed by atoms with van der Waals surface area (Å²) < 4.78 is 0. The summed E-state index contributed by atoms with van der Waals surface area (Å²) in [5.41, 5.74) is 4.80. The first-order valence-electron chi connectivity index (χ1n) is 11.8. The minimum absolute atomic E-state index is 0.572. The quantitative estimate of drug-likeness (QED) is 0.146. The number of pyridine rings is 1. The van der Waals surface area contributed by atoms with E-state index in [-0.39, 0.29) is 0 Å². The SMILES string of the molecule is C=C.CC/C=C(/NC(NC=O)C(C)O)c1ccc(C#Cc2ccc(CNc3ccccn3)cc2)cc1. The van der Waals surface area contributed by atoms with Gasteiger partial charge in [0.2, 0.25) is 6.41 Å². The largest absolute Gasteiger partial charge is 0.389 e. The van der Waals surface area contributed by atoms with Gasteiger partial charge in [0.1, 0.15) is 12.0 Å². The van der Waals surface area contributed by atoms with Gasteiger partial charge in [0.05, 0.1) is 6.10 Å². The molecule has 2 atom stereocenters. The molecule has 0 saturated heterocycles. The third kappa shape index (κ3) is 9.13. The Morgan fingerprint density at radius 2 is 1.67 bits per heavy atom. The highest BCUT2D eigenvalue weighted by molar-refractivity contribution is 5.65. The summed E-state index contributed by atoms with van der Waals surface area (Å²) in [5.74, 6) is 7.26. The van der Waals surface area contributed by atoms with Crippen LogP contribution in [0.5, 0.6) is 0 Å². The van der Waals surface area contributed by atoms with E-state index in [4.69, 9.17) is 0 Å². The second-order valence-corrected chi connectivity index (χ2v) is 7.77. The van der Waals surface area contributed by atoms with Crippen LogP contribution in [0.2, 0.25) is 0 Å². The van der Waals surface area contributed by atoms with Crippen molar-refractivity contribution in [2.75, 3.05) is 5.32 Å². The summed E-state index contributed by atoms with van der Waals surface area (Å²) in [6.07, 6.45) is 3.86. The minimum atomic E-state index is -0.743. The van der Waals surface area contributed by atoms with Crippen molar-refractivity contribution in [3.63, 3.8) is 0 Å². The van der Waals surface area contributed by atoms with Crippen molar-refractivity contribution < 1.29 is 9.90 Å². The van der Waals surface area contributed by atoms with E-state index < -0.39 is 12.3 Å². The standard InChI is InChI=1S/C28H30N4O2.C2H4/c1-3-6-26(32-28(21(2)34)31-20-33)25-16-14-23(15-17-25)9-8-22-10-12-24(13-11-22)19-30-27-7-4-5-18-29-27;1-2/h4-7,10-18,20-21,28,32,34H,3,19H2,1-2H3,(H,29,30)(H,31,33);1-2H2/b26-6+;. The van der Waals surface area contributed by atoms with E-state index in [9.17, 15) is 9.90 Å². The first-order valence-corrected chi connectivity index (χ1v) is 11.8. The molecule has 1 heterocycles. The number of hydrogen-bond acceptors (Lipinski definition) is 5. The van der Waals surface area contributed by atoms with Gasteiger partial charge in [-0.1, -0.05) is 55.2 Å². The molecule has 186 valence electrons. The number of aliphatic hydroxyl groups is 1. The molecule has 1 amide bonds. The summed E-state index contributed by atoms with van der Waals surface area (Å²) in [4.78, 5) is 15.1. The fourth-order valence-electron chi connectivity index (χ4n) is 3.25. The van der Waals surface area contributed by atoms with E-state index in [1.165, 1.54) is 0 Å². The van der Waals surface area contributed by atoms with Crippen LogP contribution < -0.4 is 16.0 Å². The first kappa shape index (κ1) is 27.9. The van der Waals surface area contributed by atoms with Gasteiger partial charge >= 0.3 is 0 Å². The molecule has 6 heteroatoms. The molecule has 3 rings (SSSR count). The predicted molar refractivity (Wildman–Crippen MR) is 148 cm³/mol. The van der Waals surface area contributed by atoms with Crippen molar-refractivity contribution in [2.24, 2.45) is 0 Å². The third-order valence-electron chi connectivity index (χ3n) is 5.09. The number of benzene rings is 2. The normalized spacial score (nSPS) is 12.0. The number of aromatic nitrogens is 1. The molecule has 6 nitrogen and oxygen atoms in total. The summed E-state index contributed by atoms with van der Waals surface area (Å²) in [6, 6.07) is 21.8. The van der Waals surface area contributed by atoms with Gasteiger partial charge in [-0.05, 0) is 60.9 Å². The lowest BCUT2D eigenvalue weighted by molar-refractivity contribution is -0.111. The van der Waals surface area contributed by atoms with E-state index in [1.807, 2.05) is 67.6 Å². The molecule has 2 unspecified atom stereocenters. The number of nitrogens with one attached hydrogen (secondary N) is 3. The highest BCUT2D eigenvalue weighted by Gasteiger charge is 2.15. The van der Waals surface area contributed by atoms with Gasteiger partial charge in [-0.3, -0.25) is 4.79 Å². The van der Waals surface area contributed by atoms with Crippen molar-refractivity contribution in [2.45, 2.75) is 39.1 Å². The van der Waals surface area contributed by atoms with Crippen molar-refractivity contribution in [3.05, 3.63) is 114 Å². The Morgan fingerprint density at radius 1 is 1.03 bits per heavy atom. The maximum atomic E-state index is 10.8. The molecule has 0 bridgehead atoms. The zero-order chi connectivity index (χ0) is 26.2. The lowest BCUT2D eigenvalue weighted by Gasteiger charge is -2.24. The Hall–Kier alpha value is -4.34. The molecule has 3 aromatic rings. The molecule has 4 N–H and O–H groups in total. The van der Waals surface area contributed by atoms with E-state index in [0.29, 0.717) is 13.0 Å². The average molecular weight is 483 g/mol. The molecule has 0 aliphatic heterocycles. The van der Waals surface area contributed by atoms with Gasteiger partial charge in [0.25, 0.3) is 0 Å². The maximum Gasteiger partial charge on any atom is 0.208 e. The molecule has 0 radical (unpaired) electrons. The van der Waals surface area contributed by atoms with E-state index in [1.54, 1.807) is 13.1 Å². The van der Waals surface area contributed by atoms with Crippen LogP contribution in [0.3, 0.4) is 0 Å². The monoisotopic (exact) mass is 482 g/mol. The molecule has 0 aliphatic carbocycles. The molecule has 0 spiro atoms. The molecular formula is C30H34N4O2. The van der Waals surface area contributed by atoms with Crippen molar-refractivity contribution in [1.29, 1.82) is 0 Å². The fourth-order valence-corrected chi connectivity index (χ4v) is 3.25. The van der Waals surface area contributed by atoms with Crippen molar-refractivity contribution >= 4 is 17.9 Å². The first-order chi connectivity index (χ1) is 17.6. The Morgan fingerprint density at radius 3 is 2.19 bits per heavy atom. The summed E-state index contributed by atoms with van der Waals surface area (Å²) in [5, 5.41) is 19.0. The number of anilines is 1. The van der Waals surface area contributed by atoms with Gasteiger partial charge in [-0.2, -0.15) is 0 Å². The lowest BCUT2D eigenvalue weighted by Crippen LogP contribution is -2.48. The minimum Gasteiger partial charge on any atom is -0.389 e. The molecule has 2 aromatic carbocycles. The summed E-state index contributed by atoms with van der Waals surface area (Å²) in [7, 11) is 0. The molecule has 0 aliphatic rings. The van der Waals surface area contributed by atoms with Gasteiger partial charge in [-0.25, -0.2) is 4.98 Å². The number of carbonyl (C=O) groups is 1. The van der Waals surface area contributed by atoms with Crippen molar-refractivity contribution in [1.82, 2.24) is 15.6 Å². The predicted octanol–water partition coefficient (Wildman–Crippen LogP) is 4.69. The second-order valence-electron chi connectivity index (χ2n) is 7.77. The number of allylic oxidation sites excluding steroid dienone is 1. The number of carbonyl (C=O) groups excluding carboxylic acids is 1. The Kier molecular flexibility index (Phi) is 12.0. The Labute approximate surface area is 214 Å². The molecule has 0 saturated carbocycles. The Bertz CT molecular complexity index is 1150. The van der Waals surface area contributed by atoms with Gasteiger partial charge in [-0.15, -0.1) is 13.2 Å². The number of aliphatic hydroxyl groups excluding tert-OH is 1. The van der Waals surface area contributed by atoms with E-state index >= 15 is 0 Å². The summed E-state index contributed by atoms with van der Waals surface area (Å²) in [6.45, 7) is 10.4. The van der Waals surface area contributed by atoms with Crippen LogP contribution >= 0.6 is 0 Å². The number of amides is 1. The van der Waals surface area contributed by atoms with Gasteiger partial charge < -0.3 is 21.1 Å². The molecule has 1 aromatic heterocycles. The number of nitrogens with zero attached hydrogens (tertiary/aromatic N) is 1. The molecule has 36 heavy (non-hydrogen) atoms. The Balaban J connectivity index is 0.00000222. The smallest absolute Gasteiger partial charge is 0.208 e. The fraction of sp³-hybridized carbons (Fsp3) is 0.200. The third-order valence-corrected chi connectivity index (χ3v) is 5.09. The van der Waals surface area contributed by atoms with Crippen LogP contribution in [-0.2, 0) is 11.3 Å². The van der Waals surface area contributed by atoms with Gasteiger partial charge in [0.15, 0.2) is 0 Å². The zero-order valence-electron chi connectivity index (χ0n) is 20.9. The summed E-state index contributed by atoms with van der Waals surface area (Å²) >= 11 is 0. The zero-order valence-corrected chi connectivity index (χ0v) is 20.9. The van der Waals surface area contributed by atoms with Crippen molar-refractivity contribution in [3.8, 4) is 11.8 Å². The number of rotatable bonds is 10. The highest BCUT2D eigenvalue weighted by Crippen LogP contribution is 2.15. The van der Waals surface area contributed by atoms with E-state index in [0.717, 1.165) is 40.2 Å². The van der Waals surface area contributed by atoms with Crippen LogP contribution in [0.15, 0.2) is 92.2 Å². The molecule has 0 fully saturated rings. The lowest BCUT2D eigenvalue weighted by atomic mass is 10.1. The average Bonchev–Trinajstić information content (AvgIpc) is 2.92. The van der Waals surface area contributed by atoms with E-state index in [2.05, 4.69) is 58.1 Å². The van der Waals surface area contributed by atoms with Crippen LogP contribution in [0.4, 0.5) is 5.82 Å².